The average Bonchev–Trinajstić information content (AvgIpc) is 3.23. The third-order valence-corrected chi connectivity index (χ3v) is 5.95. The third kappa shape index (κ3) is 3.51. The van der Waals surface area contributed by atoms with Gasteiger partial charge in [-0.2, -0.15) is 0 Å². The lowest BCUT2D eigenvalue weighted by molar-refractivity contribution is -0.129. The number of nitrogens with zero attached hydrogens (tertiary/aromatic N) is 2. The molecule has 1 saturated heterocycles. The second-order valence-corrected chi connectivity index (χ2v) is 8.02. The summed E-state index contributed by atoms with van der Waals surface area (Å²) in [5, 5.41) is 0. The van der Waals surface area contributed by atoms with Gasteiger partial charge in [-0.3, -0.25) is 9.59 Å². The molecule has 0 unspecified atom stereocenters. The lowest BCUT2D eigenvalue weighted by Gasteiger charge is -2.47. The average molecular weight is 382 g/mol. The minimum absolute atomic E-state index is 0.000792. The van der Waals surface area contributed by atoms with Crippen LogP contribution in [0.1, 0.15) is 47.5 Å². The summed E-state index contributed by atoms with van der Waals surface area (Å²) in [4.78, 5) is 28.5. The maximum atomic E-state index is 12.6. The van der Waals surface area contributed by atoms with Crippen LogP contribution in [-0.2, 0) is 4.79 Å². The molecular weight excluding hydrogens is 356 g/mol. The van der Waals surface area contributed by atoms with Crippen molar-refractivity contribution in [3.8, 4) is 5.75 Å². The molecular formula is C22H26N2O4. The van der Waals surface area contributed by atoms with Crippen LogP contribution in [0.2, 0.25) is 0 Å². The fraction of sp³-hybridized carbons (Fsp3) is 0.455. The number of carbonyl (C=O) groups is 2. The summed E-state index contributed by atoms with van der Waals surface area (Å²) >= 11 is 0. The molecule has 2 amide bonds. The van der Waals surface area contributed by atoms with E-state index in [9.17, 15) is 9.59 Å². The van der Waals surface area contributed by atoms with Crippen molar-refractivity contribution < 1.29 is 18.7 Å². The van der Waals surface area contributed by atoms with Crippen LogP contribution < -0.4 is 4.74 Å². The number of amides is 2. The molecule has 148 valence electrons. The van der Waals surface area contributed by atoms with E-state index >= 15 is 0 Å². The van der Waals surface area contributed by atoms with Gasteiger partial charge in [0.25, 0.3) is 5.91 Å². The van der Waals surface area contributed by atoms with Gasteiger partial charge >= 0.3 is 0 Å². The summed E-state index contributed by atoms with van der Waals surface area (Å²) in [6, 6.07) is 9.72. The van der Waals surface area contributed by atoms with Crippen molar-refractivity contribution in [2.24, 2.45) is 0 Å². The Morgan fingerprint density at radius 2 is 1.93 bits per heavy atom. The Balaban J connectivity index is 1.51. The number of rotatable bonds is 3. The first kappa shape index (κ1) is 18.6. The molecule has 0 bridgehead atoms. The van der Waals surface area contributed by atoms with Gasteiger partial charge in [-0.25, -0.2) is 0 Å². The van der Waals surface area contributed by atoms with E-state index in [4.69, 9.17) is 9.15 Å². The van der Waals surface area contributed by atoms with Gasteiger partial charge in [0, 0.05) is 52.4 Å². The van der Waals surface area contributed by atoms with Crippen LogP contribution in [0.4, 0.5) is 0 Å². The molecule has 0 saturated carbocycles. The minimum atomic E-state index is -0.321. The van der Waals surface area contributed by atoms with Crippen molar-refractivity contribution in [3.63, 3.8) is 0 Å². The van der Waals surface area contributed by atoms with E-state index in [-0.39, 0.29) is 23.3 Å². The molecule has 4 rings (SSSR count). The maximum Gasteiger partial charge on any atom is 0.257 e. The Kier molecular flexibility index (Phi) is 4.87. The van der Waals surface area contributed by atoms with Crippen LogP contribution in [0.5, 0.6) is 5.75 Å². The van der Waals surface area contributed by atoms with Gasteiger partial charge in [-0.1, -0.05) is 18.2 Å². The van der Waals surface area contributed by atoms with Crippen molar-refractivity contribution in [2.45, 2.75) is 37.2 Å². The van der Waals surface area contributed by atoms with Gasteiger partial charge in [0.1, 0.15) is 17.6 Å². The Morgan fingerprint density at radius 3 is 2.61 bits per heavy atom. The number of para-hydroxylation sites is 1. The number of likely N-dealkylation sites (tertiary alicyclic amines) is 1. The Morgan fingerprint density at radius 1 is 1.18 bits per heavy atom. The molecule has 28 heavy (non-hydrogen) atoms. The number of hydrogen-bond acceptors (Lipinski definition) is 4. The SMILES string of the molecule is CN(C)C(=O)C[C@H]1CC2(CCN(C(=O)c3ccoc3)CC2)Oc2ccccc21. The predicted molar refractivity (Wildman–Crippen MR) is 104 cm³/mol. The smallest absolute Gasteiger partial charge is 0.257 e. The zero-order valence-corrected chi connectivity index (χ0v) is 16.4. The van der Waals surface area contributed by atoms with Crippen LogP contribution >= 0.6 is 0 Å². The summed E-state index contributed by atoms with van der Waals surface area (Å²) in [7, 11) is 3.59. The highest BCUT2D eigenvalue weighted by Crippen LogP contribution is 2.46. The van der Waals surface area contributed by atoms with Crippen LogP contribution in [-0.4, -0.2) is 54.4 Å². The third-order valence-electron chi connectivity index (χ3n) is 5.95. The summed E-state index contributed by atoms with van der Waals surface area (Å²) in [5.74, 6) is 1.14. The highest BCUT2D eigenvalue weighted by molar-refractivity contribution is 5.93. The van der Waals surface area contributed by atoms with Crippen LogP contribution in [0, 0.1) is 0 Å². The molecule has 6 nitrogen and oxygen atoms in total. The second-order valence-electron chi connectivity index (χ2n) is 8.02. The quantitative estimate of drug-likeness (QED) is 0.817. The predicted octanol–water partition coefficient (Wildman–Crippen LogP) is 3.30. The van der Waals surface area contributed by atoms with Crippen molar-refractivity contribution in [1.82, 2.24) is 9.80 Å². The van der Waals surface area contributed by atoms with Gasteiger partial charge in [0.2, 0.25) is 5.91 Å². The first-order valence-electron chi connectivity index (χ1n) is 9.77. The molecule has 0 radical (unpaired) electrons. The van der Waals surface area contributed by atoms with E-state index in [1.165, 1.54) is 12.5 Å². The van der Waals surface area contributed by atoms with Crippen LogP contribution in [0.15, 0.2) is 47.3 Å². The Hall–Kier alpha value is -2.76. The molecule has 2 aliphatic rings. The number of fused-ring (bicyclic) bond motifs is 1. The van der Waals surface area contributed by atoms with Gasteiger partial charge in [-0.05, 0) is 24.1 Å². The summed E-state index contributed by atoms with van der Waals surface area (Å²) in [6.07, 6.45) is 5.81. The zero-order chi connectivity index (χ0) is 19.7. The molecule has 2 aromatic rings. The number of benzene rings is 1. The van der Waals surface area contributed by atoms with Gasteiger partial charge < -0.3 is 19.0 Å². The van der Waals surface area contributed by atoms with Crippen molar-refractivity contribution in [3.05, 3.63) is 54.0 Å². The Labute approximate surface area is 165 Å². The lowest BCUT2D eigenvalue weighted by Crippen LogP contribution is -2.52. The largest absolute Gasteiger partial charge is 0.487 e. The summed E-state index contributed by atoms with van der Waals surface area (Å²) < 4.78 is 11.5. The fourth-order valence-electron chi connectivity index (χ4n) is 4.31. The van der Waals surface area contributed by atoms with E-state index in [0.717, 1.165) is 30.6 Å². The number of furan rings is 1. The van der Waals surface area contributed by atoms with E-state index < -0.39 is 0 Å². The molecule has 1 aromatic heterocycles. The fourth-order valence-corrected chi connectivity index (χ4v) is 4.31. The standard InChI is InChI=1S/C22H26N2O4/c1-23(2)20(25)13-17-14-22(28-19-6-4-3-5-18(17)19)8-10-24(11-9-22)21(26)16-7-12-27-15-16/h3-7,12,15,17H,8-11,13-14H2,1-2H3/t17-/m0/s1. The van der Waals surface area contributed by atoms with E-state index in [0.29, 0.717) is 25.1 Å². The molecule has 0 aliphatic carbocycles. The monoisotopic (exact) mass is 382 g/mol. The highest BCUT2D eigenvalue weighted by Gasteiger charge is 2.44. The minimum Gasteiger partial charge on any atom is -0.487 e. The van der Waals surface area contributed by atoms with E-state index in [1.807, 2.05) is 23.1 Å². The molecule has 1 spiro atoms. The maximum absolute atomic E-state index is 12.6. The molecule has 1 fully saturated rings. The molecule has 0 N–H and O–H groups in total. The summed E-state index contributed by atoms with van der Waals surface area (Å²) in [5.41, 5.74) is 1.37. The van der Waals surface area contributed by atoms with Crippen LogP contribution in [0.3, 0.4) is 0 Å². The van der Waals surface area contributed by atoms with Gasteiger partial charge in [0.15, 0.2) is 0 Å². The normalized spacial score (nSPS) is 20.4. The van der Waals surface area contributed by atoms with Crippen molar-refractivity contribution in [2.75, 3.05) is 27.2 Å². The van der Waals surface area contributed by atoms with Gasteiger partial charge in [-0.15, -0.1) is 0 Å². The highest BCUT2D eigenvalue weighted by atomic mass is 16.5. The van der Waals surface area contributed by atoms with Gasteiger partial charge in [0.05, 0.1) is 11.8 Å². The number of piperidine rings is 1. The Bertz CT molecular complexity index is 851. The first-order chi connectivity index (χ1) is 13.5. The zero-order valence-electron chi connectivity index (χ0n) is 16.4. The molecule has 1 atom stereocenters. The second kappa shape index (κ2) is 7.34. The molecule has 3 heterocycles. The molecule has 2 aliphatic heterocycles. The lowest BCUT2D eigenvalue weighted by atomic mass is 9.76. The number of hydrogen-bond donors (Lipinski definition) is 0. The summed E-state index contributed by atoms with van der Waals surface area (Å²) in [6.45, 7) is 1.28. The first-order valence-corrected chi connectivity index (χ1v) is 9.77. The van der Waals surface area contributed by atoms with Crippen molar-refractivity contribution in [1.29, 1.82) is 0 Å². The number of ether oxygens (including phenoxy) is 1. The topological polar surface area (TPSA) is 63.0 Å². The van der Waals surface area contributed by atoms with Crippen molar-refractivity contribution >= 4 is 11.8 Å². The molecule has 6 heteroatoms. The number of carbonyl (C=O) groups excluding carboxylic acids is 2. The van der Waals surface area contributed by atoms with Crippen LogP contribution in [0.25, 0.3) is 0 Å². The van der Waals surface area contributed by atoms with E-state index in [2.05, 4.69) is 6.07 Å². The molecule has 1 aromatic carbocycles. The van der Waals surface area contributed by atoms with E-state index in [1.54, 1.807) is 25.1 Å².